The van der Waals surface area contributed by atoms with Crippen LogP contribution in [0.2, 0.25) is 0 Å². The highest BCUT2D eigenvalue weighted by Gasteiger charge is 2.31. The van der Waals surface area contributed by atoms with E-state index in [0.29, 0.717) is 31.7 Å². The minimum atomic E-state index is -0.598. The Morgan fingerprint density at radius 1 is 0.941 bits per heavy atom. The van der Waals surface area contributed by atoms with Crippen LogP contribution in [-0.4, -0.2) is 40.9 Å². The van der Waals surface area contributed by atoms with Gasteiger partial charge in [0.25, 0.3) is 5.91 Å². The van der Waals surface area contributed by atoms with E-state index < -0.39 is 5.91 Å². The van der Waals surface area contributed by atoms with Crippen molar-refractivity contribution < 1.29 is 19.1 Å². The van der Waals surface area contributed by atoms with Crippen molar-refractivity contribution in [2.75, 3.05) is 13.1 Å². The Labute approximate surface area is 197 Å². The highest BCUT2D eigenvalue weighted by atomic mass is 16.6. The van der Waals surface area contributed by atoms with Gasteiger partial charge in [-0.05, 0) is 48.6 Å². The van der Waals surface area contributed by atoms with Crippen LogP contribution in [0.25, 0.3) is 0 Å². The molecule has 1 atom stereocenters. The Morgan fingerprint density at radius 2 is 1.59 bits per heavy atom. The van der Waals surface area contributed by atoms with Gasteiger partial charge in [0.15, 0.2) is 0 Å². The second-order valence-corrected chi connectivity index (χ2v) is 8.16. The lowest BCUT2D eigenvalue weighted by Gasteiger charge is -2.36. The van der Waals surface area contributed by atoms with Gasteiger partial charge in [-0.3, -0.25) is 14.6 Å². The molecule has 1 saturated heterocycles. The van der Waals surface area contributed by atoms with Crippen molar-refractivity contribution in [2.24, 2.45) is 11.7 Å². The fourth-order valence-electron chi connectivity index (χ4n) is 4.09. The largest absolute Gasteiger partial charge is 0.415 e. The fraction of sp³-hybridized carbons (Fsp3) is 0.231. The third kappa shape index (κ3) is 5.58. The van der Waals surface area contributed by atoms with Crippen molar-refractivity contribution in [3.05, 3.63) is 95.8 Å². The molecule has 3 aromatic rings. The number of carbonyl (C=O) groups excluding carboxylic acids is 3. The smallest absolute Gasteiger partial charge is 0.410 e. The number of nitrogens with two attached hydrogens (primary N) is 1. The molecule has 2 heterocycles. The van der Waals surface area contributed by atoms with Crippen LogP contribution in [0.1, 0.15) is 45.3 Å². The number of benzene rings is 2. The maximum Gasteiger partial charge on any atom is 0.415 e. The number of likely N-dealkylation sites (tertiary alicyclic amines) is 1. The van der Waals surface area contributed by atoms with E-state index in [0.717, 1.165) is 5.56 Å². The Morgan fingerprint density at radius 3 is 2.18 bits per heavy atom. The molecule has 1 unspecified atom stereocenters. The summed E-state index contributed by atoms with van der Waals surface area (Å²) in [5.74, 6) is -0.300. The molecular formula is C26H26N4O4. The van der Waals surface area contributed by atoms with Gasteiger partial charge in [0.1, 0.15) is 11.4 Å². The van der Waals surface area contributed by atoms with Crippen LogP contribution >= 0.6 is 0 Å². The SMILES string of the molecule is NC(=O)c1ccc(C(=O)NC(c2ccccc2)C2CCN(C(=O)Oc3ccccc3)CC2)nc1. The first-order chi connectivity index (χ1) is 16.5. The minimum Gasteiger partial charge on any atom is -0.410 e. The number of rotatable bonds is 6. The number of piperidine rings is 1. The van der Waals surface area contributed by atoms with Crippen molar-refractivity contribution in [1.29, 1.82) is 0 Å². The average molecular weight is 459 g/mol. The maximum absolute atomic E-state index is 13.0. The number of hydrogen-bond donors (Lipinski definition) is 2. The number of nitrogens with one attached hydrogen (secondary N) is 1. The predicted molar refractivity (Wildman–Crippen MR) is 126 cm³/mol. The van der Waals surface area contributed by atoms with Crippen LogP contribution < -0.4 is 15.8 Å². The zero-order chi connectivity index (χ0) is 23.9. The van der Waals surface area contributed by atoms with Crippen LogP contribution in [0, 0.1) is 5.92 Å². The molecule has 1 fully saturated rings. The second kappa shape index (κ2) is 10.6. The summed E-state index contributed by atoms with van der Waals surface area (Å²) in [5, 5.41) is 3.10. The molecule has 1 aliphatic heterocycles. The number of nitrogens with zero attached hydrogens (tertiary/aromatic N) is 2. The Bertz CT molecular complexity index is 1130. The van der Waals surface area contributed by atoms with Crippen LogP contribution in [0.15, 0.2) is 79.0 Å². The summed E-state index contributed by atoms with van der Waals surface area (Å²) < 4.78 is 5.46. The molecule has 0 saturated carbocycles. The Hall–Kier alpha value is -4.20. The van der Waals surface area contributed by atoms with Gasteiger partial charge >= 0.3 is 6.09 Å². The predicted octanol–water partition coefficient (Wildman–Crippen LogP) is 3.56. The van der Waals surface area contributed by atoms with Crippen molar-refractivity contribution in [2.45, 2.75) is 18.9 Å². The van der Waals surface area contributed by atoms with Gasteiger partial charge in [-0.1, -0.05) is 48.5 Å². The highest BCUT2D eigenvalue weighted by molar-refractivity contribution is 5.95. The second-order valence-electron chi connectivity index (χ2n) is 8.16. The molecule has 0 radical (unpaired) electrons. The first-order valence-corrected chi connectivity index (χ1v) is 11.1. The summed E-state index contributed by atoms with van der Waals surface area (Å²) in [6.45, 7) is 1.06. The number of amides is 3. The van der Waals surface area contributed by atoms with E-state index in [2.05, 4.69) is 10.3 Å². The topological polar surface area (TPSA) is 115 Å². The van der Waals surface area contributed by atoms with Gasteiger partial charge in [-0.25, -0.2) is 4.79 Å². The van der Waals surface area contributed by atoms with Crippen molar-refractivity contribution in [3.8, 4) is 5.75 Å². The molecule has 8 nitrogen and oxygen atoms in total. The van der Waals surface area contributed by atoms with E-state index in [-0.39, 0.29) is 35.2 Å². The van der Waals surface area contributed by atoms with Gasteiger partial charge < -0.3 is 20.7 Å². The Kier molecular flexibility index (Phi) is 7.17. The number of hydrogen-bond acceptors (Lipinski definition) is 5. The first-order valence-electron chi connectivity index (χ1n) is 11.1. The van der Waals surface area contributed by atoms with E-state index in [1.165, 1.54) is 18.3 Å². The van der Waals surface area contributed by atoms with Crippen LogP contribution in [0.3, 0.4) is 0 Å². The normalized spacial score (nSPS) is 14.8. The van der Waals surface area contributed by atoms with Crippen molar-refractivity contribution in [1.82, 2.24) is 15.2 Å². The summed E-state index contributed by atoms with van der Waals surface area (Å²) in [6.07, 6.45) is 2.34. The van der Waals surface area contributed by atoms with E-state index in [9.17, 15) is 14.4 Å². The molecule has 0 spiro atoms. The molecule has 2 aromatic carbocycles. The monoisotopic (exact) mass is 458 g/mol. The standard InChI is InChI=1S/C26H26N4O4/c27-24(31)20-11-12-22(28-17-20)25(32)29-23(18-7-3-1-4-8-18)19-13-15-30(16-14-19)26(33)34-21-9-5-2-6-10-21/h1-12,17,19,23H,13-16H2,(H2,27,31)(H,29,32). The van der Waals surface area contributed by atoms with Crippen LogP contribution in [0.5, 0.6) is 5.75 Å². The first kappa shape index (κ1) is 23.0. The highest BCUT2D eigenvalue weighted by Crippen LogP contribution is 2.31. The third-order valence-corrected chi connectivity index (χ3v) is 5.94. The Balaban J connectivity index is 1.43. The molecule has 1 aromatic heterocycles. The van der Waals surface area contributed by atoms with E-state index in [4.69, 9.17) is 10.5 Å². The van der Waals surface area contributed by atoms with Crippen molar-refractivity contribution >= 4 is 17.9 Å². The molecule has 1 aliphatic rings. The fourth-order valence-corrected chi connectivity index (χ4v) is 4.09. The molecule has 3 N–H and O–H groups in total. The lowest BCUT2D eigenvalue weighted by molar-refractivity contribution is 0.0879. The molecule has 34 heavy (non-hydrogen) atoms. The van der Waals surface area contributed by atoms with Gasteiger partial charge in [0.05, 0.1) is 11.6 Å². The summed E-state index contributed by atoms with van der Waals surface area (Å²) in [6, 6.07) is 21.5. The molecule has 3 amide bonds. The lowest BCUT2D eigenvalue weighted by Crippen LogP contribution is -2.44. The number of pyridine rings is 1. The maximum atomic E-state index is 13.0. The number of primary amides is 1. The van der Waals surface area contributed by atoms with Gasteiger partial charge in [-0.15, -0.1) is 0 Å². The van der Waals surface area contributed by atoms with Gasteiger partial charge in [-0.2, -0.15) is 0 Å². The van der Waals surface area contributed by atoms with E-state index in [1.54, 1.807) is 17.0 Å². The average Bonchev–Trinajstić information content (AvgIpc) is 2.88. The minimum absolute atomic E-state index is 0.122. The summed E-state index contributed by atoms with van der Waals surface area (Å²) in [4.78, 5) is 42.5. The number of para-hydroxylation sites is 1. The number of ether oxygens (including phenoxy) is 1. The number of aromatic nitrogens is 1. The quantitative estimate of drug-likeness (QED) is 0.586. The molecule has 174 valence electrons. The molecule has 4 rings (SSSR count). The summed E-state index contributed by atoms with van der Waals surface area (Å²) >= 11 is 0. The van der Waals surface area contributed by atoms with Crippen LogP contribution in [0.4, 0.5) is 4.79 Å². The van der Waals surface area contributed by atoms with E-state index in [1.807, 2.05) is 48.5 Å². The van der Waals surface area contributed by atoms with E-state index >= 15 is 0 Å². The zero-order valence-corrected chi connectivity index (χ0v) is 18.6. The zero-order valence-electron chi connectivity index (χ0n) is 18.6. The molecular weight excluding hydrogens is 432 g/mol. The van der Waals surface area contributed by atoms with Crippen LogP contribution in [-0.2, 0) is 0 Å². The summed E-state index contributed by atoms with van der Waals surface area (Å²) in [5.41, 5.74) is 6.68. The summed E-state index contributed by atoms with van der Waals surface area (Å²) in [7, 11) is 0. The number of carbonyl (C=O) groups is 3. The molecule has 0 bridgehead atoms. The van der Waals surface area contributed by atoms with Gasteiger partial charge in [0, 0.05) is 19.3 Å². The molecule has 0 aliphatic carbocycles. The third-order valence-electron chi connectivity index (χ3n) is 5.94. The lowest BCUT2D eigenvalue weighted by atomic mass is 9.85. The molecule has 8 heteroatoms. The van der Waals surface area contributed by atoms with Crippen molar-refractivity contribution in [3.63, 3.8) is 0 Å². The van der Waals surface area contributed by atoms with Gasteiger partial charge in [0.2, 0.25) is 5.91 Å².